The first-order valence-corrected chi connectivity index (χ1v) is 12.5. The molecule has 5 aromatic rings. The lowest BCUT2D eigenvalue weighted by atomic mass is 9.91. The van der Waals surface area contributed by atoms with E-state index in [1.54, 1.807) is 0 Å². The van der Waals surface area contributed by atoms with Gasteiger partial charge in [0.05, 0.1) is 22.4 Å². The molecule has 5 nitrogen and oxygen atoms in total. The highest BCUT2D eigenvalue weighted by atomic mass is 16.5. The number of aromatic nitrogens is 1. The molecule has 37 heavy (non-hydrogen) atoms. The van der Waals surface area contributed by atoms with Crippen molar-refractivity contribution in [2.45, 2.75) is 12.0 Å². The van der Waals surface area contributed by atoms with Crippen LogP contribution in [0.4, 0.5) is 5.69 Å². The van der Waals surface area contributed by atoms with Crippen LogP contribution in [-0.4, -0.2) is 23.6 Å². The maximum atomic E-state index is 8.62. The number of hydrogen-bond acceptors (Lipinski definition) is 3. The van der Waals surface area contributed by atoms with Crippen molar-refractivity contribution in [3.8, 4) is 11.4 Å². The third-order valence-electron chi connectivity index (χ3n) is 7.34. The summed E-state index contributed by atoms with van der Waals surface area (Å²) in [6.45, 7) is 0. The van der Waals surface area contributed by atoms with Gasteiger partial charge in [-0.1, -0.05) is 91.0 Å². The zero-order valence-electron chi connectivity index (χ0n) is 20.4. The molecule has 1 aromatic heterocycles. The average Bonchev–Trinajstić information content (AvgIpc) is 3.49. The van der Waals surface area contributed by atoms with Crippen LogP contribution in [0.15, 0.2) is 115 Å². The lowest BCUT2D eigenvalue weighted by molar-refractivity contribution is 0.271. The molecule has 1 aliphatic carbocycles. The zero-order chi connectivity index (χ0) is 24.9. The van der Waals surface area contributed by atoms with Crippen LogP contribution >= 0.6 is 0 Å². The molecular formula is C32H26N4O. The number of ether oxygens (including phenoxy) is 1. The van der Waals surface area contributed by atoms with E-state index in [2.05, 4.69) is 88.9 Å². The molecule has 2 aliphatic rings. The number of para-hydroxylation sites is 3. The molecule has 4 aromatic carbocycles. The standard InChI is InChI=1S/C32H26N4O/c1-35(34-32(33)21-11-3-2-4-12-21)27-16-8-9-17-28(27)36-26-15-7-5-13-22(26)24-19-20-25-23-14-6-10-18-29(23)37-31(25)30(24)36/h2-20,23,29H,1H3,(H2,33,34). The van der Waals surface area contributed by atoms with Crippen molar-refractivity contribution in [1.29, 1.82) is 5.41 Å². The van der Waals surface area contributed by atoms with Gasteiger partial charge in [-0.2, -0.15) is 0 Å². The van der Waals surface area contributed by atoms with Gasteiger partial charge in [-0.25, -0.2) is 0 Å². The molecule has 2 unspecified atom stereocenters. The Morgan fingerprint density at radius 1 is 0.838 bits per heavy atom. The summed E-state index contributed by atoms with van der Waals surface area (Å²) in [5.74, 6) is 1.51. The van der Waals surface area contributed by atoms with Crippen LogP contribution in [0.1, 0.15) is 17.0 Å². The van der Waals surface area contributed by atoms with Crippen LogP contribution in [-0.2, 0) is 0 Å². The van der Waals surface area contributed by atoms with Crippen LogP contribution in [0.2, 0.25) is 0 Å². The van der Waals surface area contributed by atoms with Gasteiger partial charge in [-0.3, -0.25) is 15.8 Å². The maximum absolute atomic E-state index is 8.62. The lowest BCUT2D eigenvalue weighted by Gasteiger charge is -2.25. The molecule has 7 rings (SSSR count). The summed E-state index contributed by atoms with van der Waals surface area (Å²) >= 11 is 0. The molecule has 0 fully saturated rings. The predicted octanol–water partition coefficient (Wildman–Crippen LogP) is 6.72. The van der Waals surface area contributed by atoms with Crippen LogP contribution in [0.5, 0.6) is 5.75 Å². The van der Waals surface area contributed by atoms with Crippen molar-refractivity contribution < 1.29 is 4.74 Å². The quantitative estimate of drug-likeness (QED) is 0.170. The predicted molar refractivity (Wildman–Crippen MR) is 151 cm³/mol. The summed E-state index contributed by atoms with van der Waals surface area (Å²) in [6, 6.07) is 31.0. The minimum Gasteiger partial charge on any atom is -0.483 e. The highest BCUT2D eigenvalue weighted by molar-refractivity contribution is 6.12. The molecule has 0 radical (unpaired) electrons. The van der Waals surface area contributed by atoms with Gasteiger partial charge in [0.1, 0.15) is 17.7 Å². The molecule has 0 amide bonds. The number of benzene rings is 4. The second kappa shape index (κ2) is 8.42. The minimum atomic E-state index is 0.0167. The molecule has 2 atom stereocenters. The van der Waals surface area contributed by atoms with E-state index in [1.165, 1.54) is 16.3 Å². The van der Waals surface area contributed by atoms with Crippen molar-refractivity contribution in [2.24, 2.45) is 0 Å². The summed E-state index contributed by atoms with van der Waals surface area (Å²) < 4.78 is 8.93. The highest BCUT2D eigenvalue weighted by Crippen LogP contribution is 2.48. The van der Waals surface area contributed by atoms with E-state index >= 15 is 0 Å². The molecule has 5 heteroatoms. The molecule has 0 bridgehead atoms. The Balaban J connectivity index is 1.42. The minimum absolute atomic E-state index is 0.0167. The third-order valence-corrected chi connectivity index (χ3v) is 7.34. The average molecular weight is 483 g/mol. The van der Waals surface area contributed by atoms with Crippen LogP contribution < -0.4 is 15.2 Å². The van der Waals surface area contributed by atoms with Crippen molar-refractivity contribution >= 4 is 33.3 Å². The van der Waals surface area contributed by atoms with Gasteiger partial charge in [0.15, 0.2) is 0 Å². The SMILES string of the molecule is CN(NC(=N)c1ccccc1)c1ccccc1-n1c2ccccc2c2ccc3c(c21)OC1C=CC=CC31. The number of fused-ring (bicyclic) bond motifs is 7. The van der Waals surface area contributed by atoms with Gasteiger partial charge in [-0.05, 0) is 24.3 Å². The van der Waals surface area contributed by atoms with E-state index in [4.69, 9.17) is 10.1 Å². The molecule has 1 aliphatic heterocycles. The summed E-state index contributed by atoms with van der Waals surface area (Å²) in [7, 11) is 1.95. The number of hydrazine groups is 1. The van der Waals surface area contributed by atoms with Crippen molar-refractivity contribution in [3.05, 3.63) is 126 Å². The molecule has 180 valence electrons. The van der Waals surface area contributed by atoms with Crippen LogP contribution in [0.3, 0.4) is 0 Å². The van der Waals surface area contributed by atoms with Crippen molar-refractivity contribution in [2.75, 3.05) is 12.1 Å². The van der Waals surface area contributed by atoms with E-state index in [0.29, 0.717) is 5.84 Å². The van der Waals surface area contributed by atoms with E-state index in [1.807, 2.05) is 48.5 Å². The first-order valence-electron chi connectivity index (χ1n) is 12.5. The summed E-state index contributed by atoms with van der Waals surface area (Å²) in [5, 5.41) is 12.9. The van der Waals surface area contributed by atoms with E-state index in [-0.39, 0.29) is 12.0 Å². The smallest absolute Gasteiger partial charge is 0.148 e. The van der Waals surface area contributed by atoms with Crippen LogP contribution in [0, 0.1) is 5.41 Å². The van der Waals surface area contributed by atoms with E-state index in [0.717, 1.165) is 33.7 Å². The fourth-order valence-corrected chi connectivity index (χ4v) is 5.63. The topological polar surface area (TPSA) is 53.3 Å². The van der Waals surface area contributed by atoms with Gasteiger partial charge in [0, 0.05) is 34.9 Å². The monoisotopic (exact) mass is 482 g/mol. The van der Waals surface area contributed by atoms with Gasteiger partial charge >= 0.3 is 0 Å². The molecule has 2 heterocycles. The Kier molecular flexibility index (Phi) is 4.89. The molecule has 0 spiro atoms. The largest absolute Gasteiger partial charge is 0.483 e. The molecule has 2 N–H and O–H groups in total. The fraction of sp³-hybridized carbons (Fsp3) is 0.0938. The Hall–Kier alpha value is -4.77. The number of nitrogens with one attached hydrogen (secondary N) is 2. The Bertz CT molecular complexity index is 1730. The zero-order valence-corrected chi connectivity index (χ0v) is 20.4. The summed E-state index contributed by atoms with van der Waals surface area (Å²) in [6.07, 6.45) is 8.57. The lowest BCUT2D eigenvalue weighted by Crippen LogP contribution is -2.39. The third kappa shape index (κ3) is 3.35. The van der Waals surface area contributed by atoms with Gasteiger partial charge in [-0.15, -0.1) is 0 Å². The summed E-state index contributed by atoms with van der Waals surface area (Å²) in [4.78, 5) is 0. The second-order valence-electron chi connectivity index (χ2n) is 9.51. The number of amidine groups is 1. The van der Waals surface area contributed by atoms with Crippen LogP contribution in [0.25, 0.3) is 27.5 Å². The van der Waals surface area contributed by atoms with E-state index in [9.17, 15) is 0 Å². The first-order chi connectivity index (χ1) is 18.2. The number of anilines is 1. The maximum Gasteiger partial charge on any atom is 0.148 e. The Labute approximate surface area is 215 Å². The summed E-state index contributed by atoms with van der Waals surface area (Å²) in [5.41, 5.74) is 9.48. The van der Waals surface area contributed by atoms with Gasteiger partial charge < -0.3 is 9.30 Å². The first kappa shape index (κ1) is 21.5. The Morgan fingerprint density at radius 3 is 2.49 bits per heavy atom. The normalized spacial score (nSPS) is 17.4. The number of rotatable bonds is 4. The van der Waals surface area contributed by atoms with Crippen molar-refractivity contribution in [3.63, 3.8) is 0 Å². The van der Waals surface area contributed by atoms with Crippen molar-refractivity contribution in [1.82, 2.24) is 9.99 Å². The highest BCUT2D eigenvalue weighted by Gasteiger charge is 2.35. The fourth-order valence-electron chi connectivity index (χ4n) is 5.63. The molecule has 0 saturated heterocycles. The second-order valence-corrected chi connectivity index (χ2v) is 9.51. The number of allylic oxidation sites excluding steroid dienone is 2. The van der Waals surface area contributed by atoms with Gasteiger partial charge in [0.2, 0.25) is 0 Å². The molecule has 0 saturated carbocycles. The van der Waals surface area contributed by atoms with Gasteiger partial charge in [0.25, 0.3) is 0 Å². The Morgan fingerprint density at radius 2 is 1.59 bits per heavy atom. The molecular weight excluding hydrogens is 456 g/mol. The van der Waals surface area contributed by atoms with E-state index < -0.39 is 0 Å². The number of nitrogens with zero attached hydrogens (tertiary/aromatic N) is 2. The number of hydrogen-bond donors (Lipinski definition) is 2.